The molecule has 3 nitrogen and oxygen atoms in total. The molecule has 4 saturated carbocycles. The molecule has 0 heterocycles. The van der Waals surface area contributed by atoms with Gasteiger partial charge in [-0.25, -0.2) is 4.79 Å². The lowest BCUT2D eigenvalue weighted by Gasteiger charge is -2.38. The van der Waals surface area contributed by atoms with Crippen LogP contribution in [0.2, 0.25) is 0 Å². The standard InChI is InChI=1S/C12H16F2O3S/c13-12(14,18)9(15)17-6-10-2-7-1-8(4-10)11(16,3-7)5-10/h7-8,16,18H,1-6H2. The normalized spacial score (nSPS) is 45.6. The van der Waals surface area contributed by atoms with Gasteiger partial charge in [-0.1, -0.05) is 12.6 Å². The van der Waals surface area contributed by atoms with Gasteiger partial charge < -0.3 is 9.84 Å². The Morgan fingerprint density at radius 1 is 1.44 bits per heavy atom. The van der Waals surface area contributed by atoms with Crippen LogP contribution in [0.15, 0.2) is 0 Å². The van der Waals surface area contributed by atoms with Crippen molar-refractivity contribution in [3.63, 3.8) is 0 Å². The van der Waals surface area contributed by atoms with Gasteiger partial charge in [-0.15, -0.1) is 0 Å². The summed E-state index contributed by atoms with van der Waals surface area (Å²) in [4.78, 5) is 11.0. The number of thiol groups is 1. The molecule has 102 valence electrons. The van der Waals surface area contributed by atoms with E-state index in [1.54, 1.807) is 0 Å². The van der Waals surface area contributed by atoms with Crippen LogP contribution in [-0.2, 0) is 9.53 Å². The molecule has 4 rings (SSSR count). The maximum Gasteiger partial charge on any atom is 0.388 e. The molecular weight excluding hydrogens is 262 g/mol. The van der Waals surface area contributed by atoms with E-state index in [0.29, 0.717) is 12.3 Å². The second-order valence-corrected chi connectivity index (χ2v) is 6.87. The molecule has 4 atom stereocenters. The summed E-state index contributed by atoms with van der Waals surface area (Å²) in [6.45, 7) is -0.0166. The molecule has 4 fully saturated rings. The van der Waals surface area contributed by atoms with E-state index >= 15 is 0 Å². The van der Waals surface area contributed by atoms with E-state index in [-0.39, 0.29) is 17.9 Å². The van der Waals surface area contributed by atoms with Gasteiger partial charge in [-0.2, -0.15) is 8.78 Å². The summed E-state index contributed by atoms with van der Waals surface area (Å²) in [6.07, 6.45) is 4.07. The Morgan fingerprint density at radius 3 is 2.72 bits per heavy atom. The van der Waals surface area contributed by atoms with Gasteiger partial charge in [-0.3, -0.25) is 0 Å². The van der Waals surface area contributed by atoms with Gasteiger partial charge in [-0.05, 0) is 43.9 Å². The Morgan fingerprint density at radius 2 is 2.17 bits per heavy atom. The number of halogens is 2. The Hall–Kier alpha value is -0.360. The van der Waals surface area contributed by atoms with Crippen LogP contribution in [0.3, 0.4) is 0 Å². The van der Waals surface area contributed by atoms with Crippen LogP contribution in [0.4, 0.5) is 8.78 Å². The molecule has 0 saturated heterocycles. The van der Waals surface area contributed by atoms with Crippen molar-refractivity contribution in [3.05, 3.63) is 0 Å². The SMILES string of the molecule is O=C(OCC12CC3CC(C1)C(O)(C3)C2)C(F)(F)S. The van der Waals surface area contributed by atoms with Crippen molar-refractivity contribution < 1.29 is 23.4 Å². The maximum absolute atomic E-state index is 12.6. The molecule has 4 aliphatic carbocycles. The fraction of sp³-hybridized carbons (Fsp3) is 0.917. The third kappa shape index (κ3) is 1.84. The number of ether oxygens (including phenoxy) is 1. The van der Waals surface area contributed by atoms with Crippen LogP contribution >= 0.6 is 12.6 Å². The third-order valence-corrected chi connectivity index (χ3v) is 5.04. The van der Waals surface area contributed by atoms with E-state index in [0.717, 1.165) is 25.7 Å². The Balaban J connectivity index is 1.67. The van der Waals surface area contributed by atoms with Crippen molar-refractivity contribution in [2.24, 2.45) is 17.3 Å². The topological polar surface area (TPSA) is 46.5 Å². The van der Waals surface area contributed by atoms with Crippen LogP contribution in [0.1, 0.15) is 32.1 Å². The second kappa shape index (κ2) is 3.60. The largest absolute Gasteiger partial charge is 0.460 e. The van der Waals surface area contributed by atoms with Crippen LogP contribution in [0.5, 0.6) is 0 Å². The van der Waals surface area contributed by atoms with Crippen molar-refractivity contribution >= 4 is 18.6 Å². The van der Waals surface area contributed by atoms with E-state index in [2.05, 4.69) is 12.6 Å². The highest BCUT2D eigenvalue weighted by molar-refractivity contribution is 7.82. The van der Waals surface area contributed by atoms with E-state index in [9.17, 15) is 18.7 Å². The summed E-state index contributed by atoms with van der Waals surface area (Å²) in [6, 6.07) is 0. The quantitative estimate of drug-likeness (QED) is 0.613. The molecule has 4 aliphatic rings. The average molecular weight is 278 g/mol. The Labute approximate surface area is 109 Å². The highest BCUT2D eigenvalue weighted by Gasteiger charge is 2.63. The predicted molar refractivity (Wildman–Crippen MR) is 62.3 cm³/mol. The van der Waals surface area contributed by atoms with E-state index in [1.165, 1.54) is 0 Å². The molecule has 0 radical (unpaired) electrons. The summed E-state index contributed by atoms with van der Waals surface area (Å²) in [5.74, 6) is -0.876. The molecule has 6 heteroatoms. The molecule has 18 heavy (non-hydrogen) atoms. The smallest absolute Gasteiger partial charge is 0.388 e. The first kappa shape index (κ1) is 12.7. The van der Waals surface area contributed by atoms with Crippen molar-refractivity contribution in [1.29, 1.82) is 0 Å². The lowest BCUT2D eigenvalue weighted by molar-refractivity contribution is -0.165. The highest BCUT2D eigenvalue weighted by atomic mass is 32.1. The van der Waals surface area contributed by atoms with Gasteiger partial charge >= 0.3 is 11.2 Å². The number of hydrogen-bond acceptors (Lipinski definition) is 4. The zero-order valence-electron chi connectivity index (χ0n) is 9.86. The molecule has 1 N–H and O–H groups in total. The number of rotatable bonds is 3. The summed E-state index contributed by atoms with van der Waals surface area (Å²) in [5.41, 5.74) is -0.923. The minimum atomic E-state index is -3.73. The zero-order valence-corrected chi connectivity index (χ0v) is 10.8. The monoisotopic (exact) mass is 278 g/mol. The number of aliphatic hydroxyl groups is 1. The first-order chi connectivity index (χ1) is 8.23. The fourth-order valence-corrected chi connectivity index (χ4v) is 4.57. The number of alkyl halides is 2. The second-order valence-electron chi connectivity index (χ2n) is 6.31. The average Bonchev–Trinajstić information content (AvgIpc) is 2.55. The minimum absolute atomic E-state index is 0.0166. The molecule has 0 aromatic rings. The summed E-state index contributed by atoms with van der Waals surface area (Å²) >= 11 is 2.90. The van der Waals surface area contributed by atoms with Crippen molar-refractivity contribution in [2.75, 3.05) is 6.61 Å². The molecular formula is C12H16F2O3S. The lowest BCUT2D eigenvalue weighted by atomic mass is 9.69. The van der Waals surface area contributed by atoms with Gasteiger partial charge in [0.1, 0.15) is 0 Å². The third-order valence-electron chi connectivity index (χ3n) is 4.86. The Bertz CT molecular complexity index is 397. The van der Waals surface area contributed by atoms with Crippen molar-refractivity contribution in [3.8, 4) is 0 Å². The number of esters is 1. The molecule has 0 spiro atoms. The number of carbonyl (C=O) groups is 1. The van der Waals surface area contributed by atoms with Crippen LogP contribution in [0.25, 0.3) is 0 Å². The van der Waals surface area contributed by atoms with Gasteiger partial charge in [0.2, 0.25) is 0 Å². The van der Waals surface area contributed by atoms with Crippen LogP contribution in [0, 0.1) is 17.3 Å². The van der Waals surface area contributed by atoms with Gasteiger partial charge in [0.15, 0.2) is 0 Å². The minimum Gasteiger partial charge on any atom is -0.460 e. The fourth-order valence-electron chi connectivity index (χ4n) is 4.50. The highest BCUT2D eigenvalue weighted by Crippen LogP contribution is 2.66. The predicted octanol–water partition coefficient (Wildman–Crippen LogP) is 1.99. The molecule has 4 bridgehead atoms. The van der Waals surface area contributed by atoms with Gasteiger partial charge in [0.25, 0.3) is 0 Å². The molecule has 0 aromatic carbocycles. The van der Waals surface area contributed by atoms with E-state index in [1.807, 2.05) is 0 Å². The van der Waals surface area contributed by atoms with Crippen LogP contribution in [-0.4, -0.2) is 28.5 Å². The molecule has 0 aliphatic heterocycles. The summed E-state index contributed by atoms with van der Waals surface area (Å²) in [5, 5.41) is 6.69. The molecule has 0 aromatic heterocycles. The first-order valence-corrected chi connectivity index (χ1v) is 6.67. The maximum atomic E-state index is 12.6. The summed E-state index contributed by atoms with van der Waals surface area (Å²) < 4.78 is 29.9. The molecule has 4 unspecified atom stereocenters. The van der Waals surface area contributed by atoms with Gasteiger partial charge in [0, 0.05) is 5.41 Å². The zero-order chi connectivity index (χ0) is 13.2. The van der Waals surface area contributed by atoms with E-state index in [4.69, 9.17) is 4.74 Å². The molecule has 0 amide bonds. The lowest BCUT2D eigenvalue weighted by Crippen LogP contribution is -2.38. The Kier molecular flexibility index (Phi) is 2.53. The number of carbonyl (C=O) groups excluding carboxylic acids is 1. The van der Waals surface area contributed by atoms with Crippen LogP contribution < -0.4 is 0 Å². The van der Waals surface area contributed by atoms with Crippen molar-refractivity contribution in [1.82, 2.24) is 0 Å². The number of hydrogen-bond donors (Lipinski definition) is 2. The summed E-state index contributed by atoms with van der Waals surface area (Å²) in [7, 11) is 0. The first-order valence-electron chi connectivity index (χ1n) is 6.22. The van der Waals surface area contributed by atoms with Crippen molar-refractivity contribution in [2.45, 2.75) is 43.0 Å². The van der Waals surface area contributed by atoms with Gasteiger partial charge in [0.05, 0.1) is 12.2 Å². The van der Waals surface area contributed by atoms with E-state index < -0.39 is 16.8 Å².